The molecule has 0 unspecified atom stereocenters. The van der Waals surface area contributed by atoms with Gasteiger partial charge in [0.1, 0.15) is 0 Å². The van der Waals surface area contributed by atoms with Gasteiger partial charge in [-0.3, -0.25) is 4.79 Å². The molecule has 8 nitrogen and oxygen atoms in total. The van der Waals surface area contributed by atoms with Crippen LogP contribution in [0.3, 0.4) is 0 Å². The van der Waals surface area contributed by atoms with Gasteiger partial charge >= 0.3 is 29.6 Å². The summed E-state index contributed by atoms with van der Waals surface area (Å²) in [5.74, 6) is -0.534. The summed E-state index contributed by atoms with van der Waals surface area (Å²) in [6.45, 7) is 0.106. The Bertz CT molecular complexity index is 1670. The number of hydrogen-bond acceptors (Lipinski definition) is 7. The molecule has 0 aliphatic rings. The van der Waals surface area contributed by atoms with Crippen LogP contribution in [0.4, 0.5) is 5.69 Å². The summed E-state index contributed by atoms with van der Waals surface area (Å²) in [6.07, 6.45) is 3.09. The largest absolute Gasteiger partial charge is 1.00 e. The van der Waals surface area contributed by atoms with Gasteiger partial charge in [0.25, 0.3) is 5.56 Å². The minimum absolute atomic E-state index is 0. The van der Waals surface area contributed by atoms with Crippen LogP contribution in [0.5, 0.6) is 0 Å². The number of fused-ring (bicyclic) bond motifs is 1. The third kappa shape index (κ3) is 7.19. The average Bonchev–Trinajstić information content (AvgIpc) is 2.88. The first kappa shape index (κ1) is 29.3. The fraction of sp³-hybridized carbons (Fsp3) is 0.179. The molecule has 0 aliphatic carbocycles. The SMILES string of the molecule is CN(C)c1ccc(/C=C(\C#N)c2ccc(-c3ccc4c(c3)ncc(=O)n4CCCS(=O)(=O)[O-])cc2)cc1.[Na+]. The second-order valence-corrected chi connectivity index (χ2v) is 10.3. The van der Waals surface area contributed by atoms with E-state index < -0.39 is 15.9 Å². The molecule has 0 N–H and O–H groups in total. The van der Waals surface area contributed by atoms with Gasteiger partial charge in [-0.2, -0.15) is 5.26 Å². The molecular weight excluding hydrogens is 511 g/mol. The normalized spacial score (nSPS) is 11.6. The van der Waals surface area contributed by atoms with E-state index in [-0.39, 0.29) is 48.1 Å². The number of nitrogens with zero attached hydrogens (tertiary/aromatic N) is 4. The standard InChI is InChI=1S/C28H26N4O4S.Na/c1-31(2)25-11-4-20(5-12-25)16-24(18-29)22-8-6-21(7-9-22)23-10-13-27-26(17-23)30-19-28(33)32(27)14-3-15-37(34,35)36;/h4-13,16-17,19H,3,14-15H2,1-2H3,(H,34,35,36);/q;+1/p-1/b24-16+;. The molecule has 0 fully saturated rings. The van der Waals surface area contributed by atoms with Crippen LogP contribution in [0.15, 0.2) is 77.7 Å². The van der Waals surface area contributed by atoms with Crippen molar-refractivity contribution >= 4 is 38.5 Å². The van der Waals surface area contributed by atoms with Crippen LogP contribution in [0.2, 0.25) is 0 Å². The first-order chi connectivity index (χ1) is 17.6. The third-order valence-electron chi connectivity index (χ3n) is 5.99. The molecule has 4 aromatic rings. The number of benzene rings is 3. The molecule has 0 radical (unpaired) electrons. The summed E-state index contributed by atoms with van der Waals surface area (Å²) < 4.78 is 34.1. The number of rotatable bonds is 8. The smallest absolute Gasteiger partial charge is 0.748 e. The van der Waals surface area contributed by atoms with Gasteiger partial charge in [0.05, 0.1) is 39.0 Å². The van der Waals surface area contributed by atoms with Gasteiger partial charge in [0, 0.05) is 32.1 Å². The van der Waals surface area contributed by atoms with Gasteiger partial charge in [0.2, 0.25) is 0 Å². The zero-order valence-corrected chi connectivity index (χ0v) is 24.3. The predicted molar refractivity (Wildman–Crippen MR) is 145 cm³/mol. The summed E-state index contributed by atoms with van der Waals surface area (Å²) >= 11 is 0. The second-order valence-electron chi connectivity index (χ2n) is 8.80. The predicted octanol–water partition coefficient (Wildman–Crippen LogP) is 1.13. The van der Waals surface area contributed by atoms with E-state index in [1.54, 1.807) is 6.07 Å². The number of anilines is 1. The van der Waals surface area contributed by atoms with E-state index in [1.807, 2.05) is 85.7 Å². The van der Waals surface area contributed by atoms with Crippen LogP contribution < -0.4 is 40.0 Å². The molecule has 0 atom stereocenters. The topological polar surface area (TPSA) is 119 Å². The van der Waals surface area contributed by atoms with Crippen LogP contribution in [0, 0.1) is 11.3 Å². The Morgan fingerprint density at radius 2 is 1.71 bits per heavy atom. The van der Waals surface area contributed by atoms with Crippen LogP contribution in [0.1, 0.15) is 17.5 Å². The maximum absolute atomic E-state index is 12.3. The monoisotopic (exact) mass is 536 g/mol. The van der Waals surface area contributed by atoms with Crippen LogP contribution in [-0.2, 0) is 16.7 Å². The summed E-state index contributed by atoms with van der Waals surface area (Å²) in [6, 6.07) is 23.3. The Kier molecular flexibility index (Phi) is 9.66. The molecule has 188 valence electrons. The van der Waals surface area contributed by atoms with E-state index in [4.69, 9.17) is 0 Å². The third-order valence-corrected chi connectivity index (χ3v) is 6.78. The Balaban J connectivity index is 0.00000400. The molecule has 10 heteroatoms. The summed E-state index contributed by atoms with van der Waals surface area (Å²) in [5, 5.41) is 9.73. The molecule has 38 heavy (non-hydrogen) atoms. The van der Waals surface area contributed by atoms with Crippen molar-refractivity contribution in [3.05, 3.63) is 94.4 Å². The zero-order valence-electron chi connectivity index (χ0n) is 21.5. The van der Waals surface area contributed by atoms with Crippen molar-refractivity contribution < 1.29 is 42.5 Å². The van der Waals surface area contributed by atoms with Gasteiger partial charge < -0.3 is 14.0 Å². The van der Waals surface area contributed by atoms with Gasteiger partial charge in [0.15, 0.2) is 0 Å². The van der Waals surface area contributed by atoms with E-state index in [9.17, 15) is 23.0 Å². The van der Waals surface area contributed by atoms with Crippen LogP contribution in [0.25, 0.3) is 33.8 Å². The number of nitriles is 1. The molecule has 0 spiro atoms. The van der Waals surface area contributed by atoms with Crippen molar-refractivity contribution in [2.24, 2.45) is 0 Å². The average molecular weight is 537 g/mol. The number of aryl methyl sites for hydroxylation is 1. The minimum atomic E-state index is -4.34. The first-order valence-corrected chi connectivity index (χ1v) is 13.2. The zero-order chi connectivity index (χ0) is 26.6. The van der Waals surface area contributed by atoms with E-state index in [0.29, 0.717) is 16.6 Å². The van der Waals surface area contributed by atoms with Crippen molar-refractivity contribution in [3.63, 3.8) is 0 Å². The van der Waals surface area contributed by atoms with Crippen LogP contribution in [-0.4, -0.2) is 42.4 Å². The van der Waals surface area contributed by atoms with Crippen molar-refractivity contribution in [2.45, 2.75) is 13.0 Å². The molecule has 0 aliphatic heterocycles. The van der Waals surface area contributed by atoms with E-state index in [0.717, 1.165) is 27.9 Å². The van der Waals surface area contributed by atoms with E-state index in [2.05, 4.69) is 11.1 Å². The minimum Gasteiger partial charge on any atom is -0.748 e. The van der Waals surface area contributed by atoms with Gasteiger partial charge in [-0.1, -0.05) is 42.5 Å². The van der Waals surface area contributed by atoms with Crippen molar-refractivity contribution in [2.75, 3.05) is 24.7 Å². The second kappa shape index (κ2) is 12.5. The van der Waals surface area contributed by atoms with Crippen LogP contribution >= 0.6 is 0 Å². The molecule has 1 heterocycles. The van der Waals surface area contributed by atoms with Gasteiger partial charge in [-0.25, -0.2) is 13.4 Å². The number of allylic oxidation sites excluding steroid dienone is 1. The summed E-state index contributed by atoms with van der Waals surface area (Å²) in [5.41, 5.74) is 5.92. The van der Waals surface area contributed by atoms with E-state index >= 15 is 0 Å². The Morgan fingerprint density at radius 1 is 1.05 bits per heavy atom. The maximum Gasteiger partial charge on any atom is 1.00 e. The molecule has 1 aromatic heterocycles. The molecule has 0 saturated heterocycles. The fourth-order valence-electron chi connectivity index (χ4n) is 4.04. The van der Waals surface area contributed by atoms with Crippen molar-refractivity contribution in [3.8, 4) is 17.2 Å². The Labute approximate surface area is 243 Å². The van der Waals surface area contributed by atoms with Gasteiger partial charge in [-0.05, 0) is 59.0 Å². The van der Waals surface area contributed by atoms with Crippen molar-refractivity contribution in [1.29, 1.82) is 5.26 Å². The number of hydrogen-bond donors (Lipinski definition) is 0. The van der Waals surface area contributed by atoms with E-state index in [1.165, 1.54) is 10.8 Å². The maximum atomic E-state index is 12.3. The molecule has 0 saturated carbocycles. The summed E-state index contributed by atoms with van der Waals surface area (Å²) in [7, 11) is -0.394. The fourth-order valence-corrected chi connectivity index (χ4v) is 4.52. The first-order valence-electron chi connectivity index (χ1n) is 11.6. The quantitative estimate of drug-likeness (QED) is 0.143. The van der Waals surface area contributed by atoms with Crippen molar-refractivity contribution in [1.82, 2.24) is 9.55 Å². The summed E-state index contributed by atoms with van der Waals surface area (Å²) in [4.78, 5) is 18.5. The molecule has 4 rings (SSSR count). The Morgan fingerprint density at radius 3 is 2.32 bits per heavy atom. The van der Waals surface area contributed by atoms with Gasteiger partial charge in [-0.15, -0.1) is 0 Å². The molecule has 0 bridgehead atoms. The number of aromatic nitrogens is 2. The molecule has 3 aromatic carbocycles. The molecular formula is C28H25N4NaO4S. The Hall–Kier alpha value is -3.26. The molecule has 0 amide bonds.